The highest BCUT2D eigenvalue weighted by Crippen LogP contribution is 2.41. The van der Waals surface area contributed by atoms with E-state index in [2.05, 4.69) is 37.3 Å². The first kappa shape index (κ1) is 21.8. The molecule has 3 nitrogen and oxygen atoms in total. The van der Waals surface area contributed by atoms with Gasteiger partial charge in [0.1, 0.15) is 5.78 Å². The minimum absolute atomic E-state index is 0.0762. The van der Waals surface area contributed by atoms with Gasteiger partial charge in [0.25, 0.3) is 0 Å². The average molecular weight is 397 g/mol. The highest BCUT2D eigenvalue weighted by atomic mass is 16.4. The lowest BCUT2D eigenvalue weighted by Gasteiger charge is -2.28. The lowest BCUT2D eigenvalue weighted by Crippen LogP contribution is -2.15. The van der Waals surface area contributed by atoms with Crippen molar-refractivity contribution in [2.75, 3.05) is 0 Å². The van der Waals surface area contributed by atoms with Gasteiger partial charge in [-0.1, -0.05) is 62.6 Å². The van der Waals surface area contributed by atoms with Crippen LogP contribution in [0.25, 0.3) is 0 Å². The van der Waals surface area contributed by atoms with Crippen molar-refractivity contribution < 1.29 is 14.7 Å². The molecule has 3 atom stereocenters. The number of carboxylic acids is 1. The molecule has 1 N–H and O–H groups in total. The first-order valence-electron chi connectivity index (χ1n) is 11.6. The van der Waals surface area contributed by atoms with Gasteiger partial charge in [0.2, 0.25) is 0 Å². The summed E-state index contributed by atoms with van der Waals surface area (Å²) in [5.41, 5.74) is 2.75. The Labute approximate surface area is 175 Å². The molecule has 0 aromatic heterocycles. The normalized spacial score (nSPS) is 24.2. The first-order valence-corrected chi connectivity index (χ1v) is 11.6. The molecule has 0 aliphatic heterocycles. The summed E-state index contributed by atoms with van der Waals surface area (Å²) >= 11 is 0. The van der Waals surface area contributed by atoms with Crippen LogP contribution < -0.4 is 0 Å². The number of carbonyl (C=O) groups is 2. The van der Waals surface area contributed by atoms with Crippen molar-refractivity contribution in [3.8, 4) is 0 Å². The number of Topliss-reactive ketones (excluding diaryl/α,β-unsaturated/α-hetero) is 1. The molecule has 1 unspecified atom stereocenters. The van der Waals surface area contributed by atoms with Crippen LogP contribution in [0.5, 0.6) is 0 Å². The van der Waals surface area contributed by atoms with E-state index in [0.29, 0.717) is 30.5 Å². The van der Waals surface area contributed by atoms with E-state index in [0.717, 1.165) is 25.2 Å². The van der Waals surface area contributed by atoms with E-state index < -0.39 is 5.97 Å². The summed E-state index contributed by atoms with van der Waals surface area (Å²) in [6.07, 6.45) is 15.1. The number of hydrogen-bond acceptors (Lipinski definition) is 2. The molecule has 2 aliphatic rings. The number of allylic oxidation sites excluding steroid dienone is 2. The molecule has 3 rings (SSSR count). The SMILES string of the molecule is CC(c1ccc([C@H]2CCC(=O)[C@@H]2C/C=C\CCCC(=O)O)cc1)C1CCCCC1. The third kappa shape index (κ3) is 6.04. The second-order valence-electron chi connectivity index (χ2n) is 9.06. The molecule has 0 radical (unpaired) electrons. The smallest absolute Gasteiger partial charge is 0.303 e. The van der Waals surface area contributed by atoms with Gasteiger partial charge in [0.15, 0.2) is 0 Å². The number of carboxylic acid groups (broad SMARTS) is 1. The van der Waals surface area contributed by atoms with Crippen molar-refractivity contribution in [1.29, 1.82) is 0 Å². The Hall–Kier alpha value is -1.90. The van der Waals surface area contributed by atoms with Gasteiger partial charge in [-0.25, -0.2) is 0 Å². The predicted octanol–water partition coefficient (Wildman–Crippen LogP) is 6.63. The number of benzene rings is 1. The van der Waals surface area contributed by atoms with Gasteiger partial charge in [-0.3, -0.25) is 9.59 Å². The topological polar surface area (TPSA) is 54.4 Å². The number of hydrogen-bond donors (Lipinski definition) is 1. The van der Waals surface area contributed by atoms with Gasteiger partial charge in [0, 0.05) is 18.8 Å². The first-order chi connectivity index (χ1) is 14.1. The second-order valence-corrected chi connectivity index (χ2v) is 9.06. The quantitative estimate of drug-likeness (QED) is 0.376. The van der Waals surface area contributed by atoms with Gasteiger partial charge in [-0.05, 0) is 67.4 Å². The van der Waals surface area contributed by atoms with Gasteiger partial charge < -0.3 is 5.11 Å². The lowest BCUT2D eigenvalue weighted by atomic mass is 9.77. The summed E-state index contributed by atoms with van der Waals surface area (Å²) in [5.74, 6) is 1.48. The van der Waals surface area contributed by atoms with E-state index >= 15 is 0 Å². The third-order valence-electron chi connectivity index (χ3n) is 7.17. The Morgan fingerprint density at radius 1 is 1.10 bits per heavy atom. The van der Waals surface area contributed by atoms with E-state index in [9.17, 15) is 9.59 Å². The molecular formula is C26H36O3. The number of rotatable bonds is 9. The van der Waals surface area contributed by atoms with E-state index in [4.69, 9.17) is 5.11 Å². The maximum absolute atomic E-state index is 12.4. The molecule has 1 aromatic carbocycles. The predicted molar refractivity (Wildman–Crippen MR) is 117 cm³/mol. The molecule has 0 bridgehead atoms. The average Bonchev–Trinajstić information content (AvgIpc) is 3.11. The maximum Gasteiger partial charge on any atom is 0.303 e. The van der Waals surface area contributed by atoms with E-state index in [1.54, 1.807) is 0 Å². The Kier molecular flexibility index (Phi) is 8.09. The summed E-state index contributed by atoms with van der Waals surface area (Å²) in [4.78, 5) is 23.0. The zero-order valence-electron chi connectivity index (χ0n) is 17.8. The van der Waals surface area contributed by atoms with Crippen molar-refractivity contribution >= 4 is 11.8 Å². The molecule has 0 amide bonds. The van der Waals surface area contributed by atoms with Crippen LogP contribution in [0.15, 0.2) is 36.4 Å². The number of unbranched alkanes of at least 4 members (excludes halogenated alkanes) is 1. The molecule has 2 fully saturated rings. The fourth-order valence-corrected chi connectivity index (χ4v) is 5.29. The molecule has 2 saturated carbocycles. The van der Waals surface area contributed by atoms with Crippen LogP contribution in [0.1, 0.15) is 101 Å². The van der Waals surface area contributed by atoms with E-state index in [1.165, 1.54) is 43.2 Å². The van der Waals surface area contributed by atoms with Crippen molar-refractivity contribution in [3.63, 3.8) is 0 Å². The molecule has 0 spiro atoms. The molecule has 2 aliphatic carbocycles. The minimum atomic E-state index is -0.745. The van der Waals surface area contributed by atoms with Crippen LogP contribution in [0.4, 0.5) is 0 Å². The van der Waals surface area contributed by atoms with Gasteiger partial charge >= 0.3 is 5.97 Å². The molecule has 0 heterocycles. The Morgan fingerprint density at radius 3 is 2.52 bits per heavy atom. The van der Waals surface area contributed by atoms with Crippen molar-refractivity contribution in [1.82, 2.24) is 0 Å². The zero-order chi connectivity index (χ0) is 20.6. The summed E-state index contributed by atoms with van der Waals surface area (Å²) in [6.45, 7) is 2.38. The number of aliphatic carboxylic acids is 1. The Balaban J connectivity index is 1.57. The number of ketones is 1. The molecule has 158 valence electrons. The van der Waals surface area contributed by atoms with Crippen LogP contribution >= 0.6 is 0 Å². The highest BCUT2D eigenvalue weighted by molar-refractivity contribution is 5.84. The second kappa shape index (κ2) is 10.8. The lowest BCUT2D eigenvalue weighted by molar-refractivity contribution is -0.137. The van der Waals surface area contributed by atoms with Crippen molar-refractivity contribution in [2.45, 2.75) is 89.4 Å². The number of carbonyl (C=O) groups excluding carboxylic acids is 1. The van der Waals surface area contributed by atoms with Crippen LogP contribution in [0.3, 0.4) is 0 Å². The monoisotopic (exact) mass is 396 g/mol. The largest absolute Gasteiger partial charge is 0.481 e. The molecule has 0 saturated heterocycles. The maximum atomic E-state index is 12.4. The van der Waals surface area contributed by atoms with Crippen LogP contribution in [-0.4, -0.2) is 16.9 Å². The third-order valence-corrected chi connectivity index (χ3v) is 7.17. The summed E-state index contributed by atoms with van der Waals surface area (Å²) in [6, 6.07) is 9.13. The molecule has 29 heavy (non-hydrogen) atoms. The van der Waals surface area contributed by atoms with Crippen LogP contribution in [0.2, 0.25) is 0 Å². The van der Waals surface area contributed by atoms with Crippen LogP contribution in [-0.2, 0) is 9.59 Å². The zero-order valence-corrected chi connectivity index (χ0v) is 17.8. The van der Waals surface area contributed by atoms with Gasteiger partial charge in [0.05, 0.1) is 0 Å². The molecule has 3 heteroatoms. The standard InChI is InChI=1S/C26H36O3/c1-19(20-9-5-4-6-10-20)21-13-15-22(16-14-21)23-17-18-25(27)24(23)11-7-2-3-8-12-26(28)29/h2,7,13-16,19-20,23-24H,3-6,8-12,17-18H2,1H3,(H,28,29)/b7-2-/t19?,23-,24-/m1/s1. The van der Waals surface area contributed by atoms with Gasteiger partial charge in [-0.2, -0.15) is 0 Å². The molecular weight excluding hydrogens is 360 g/mol. The van der Waals surface area contributed by atoms with Gasteiger partial charge in [-0.15, -0.1) is 0 Å². The van der Waals surface area contributed by atoms with E-state index in [1.807, 2.05) is 6.08 Å². The molecule has 1 aromatic rings. The van der Waals surface area contributed by atoms with E-state index in [-0.39, 0.29) is 12.3 Å². The summed E-state index contributed by atoms with van der Waals surface area (Å²) in [5, 5.41) is 8.70. The van der Waals surface area contributed by atoms with Crippen molar-refractivity contribution in [3.05, 3.63) is 47.5 Å². The van der Waals surface area contributed by atoms with Crippen molar-refractivity contribution in [2.24, 2.45) is 11.8 Å². The Bertz CT molecular complexity index is 697. The highest BCUT2D eigenvalue weighted by Gasteiger charge is 2.34. The minimum Gasteiger partial charge on any atom is -0.481 e. The fourth-order valence-electron chi connectivity index (χ4n) is 5.29. The summed E-state index contributed by atoms with van der Waals surface area (Å²) < 4.78 is 0. The fraction of sp³-hybridized carbons (Fsp3) is 0.615. The summed E-state index contributed by atoms with van der Waals surface area (Å²) in [7, 11) is 0. The van der Waals surface area contributed by atoms with Crippen LogP contribution in [0, 0.1) is 11.8 Å². The Morgan fingerprint density at radius 2 is 1.83 bits per heavy atom.